The van der Waals surface area contributed by atoms with E-state index >= 15 is 0 Å². The summed E-state index contributed by atoms with van der Waals surface area (Å²) in [7, 11) is 0. The molecule has 0 bridgehead atoms. The van der Waals surface area contributed by atoms with E-state index in [2.05, 4.69) is 47.4 Å². The molecule has 0 fully saturated rings. The number of urea groups is 1. The number of amides is 2. The number of anilines is 1. The van der Waals surface area contributed by atoms with Gasteiger partial charge in [-0.2, -0.15) is 0 Å². The molecule has 0 saturated carbocycles. The van der Waals surface area contributed by atoms with Gasteiger partial charge in [0.1, 0.15) is 5.76 Å². The van der Waals surface area contributed by atoms with Crippen LogP contribution in [-0.4, -0.2) is 16.6 Å². The molecule has 1 aromatic carbocycles. The van der Waals surface area contributed by atoms with E-state index in [0.717, 1.165) is 23.4 Å². The summed E-state index contributed by atoms with van der Waals surface area (Å²) in [5.74, 6) is 1.45. The van der Waals surface area contributed by atoms with Crippen molar-refractivity contribution >= 4 is 22.6 Å². The topological polar surface area (TPSA) is 59.2 Å². The van der Waals surface area contributed by atoms with Crippen LogP contribution in [0.1, 0.15) is 26.5 Å². The van der Waals surface area contributed by atoms with E-state index in [1.807, 2.05) is 31.2 Å². The molecule has 5 nitrogen and oxygen atoms in total. The number of fused-ring (bicyclic) bond motifs is 1. The number of nitrogens with one attached hydrogen (secondary N) is 2. The lowest BCUT2D eigenvalue weighted by Gasteiger charge is -2.14. The van der Waals surface area contributed by atoms with Gasteiger partial charge in [-0.25, -0.2) is 4.79 Å². The molecule has 0 aliphatic rings. The average molecular weight is 339 g/mol. The summed E-state index contributed by atoms with van der Waals surface area (Å²) in [6, 6.07) is 11.6. The molecule has 0 aliphatic carbocycles. The molecule has 3 rings (SSSR count). The lowest BCUT2D eigenvalue weighted by molar-refractivity contribution is 0.248. The van der Waals surface area contributed by atoms with Gasteiger partial charge in [-0.15, -0.1) is 0 Å². The number of furan rings is 1. The van der Waals surface area contributed by atoms with Gasteiger partial charge in [0.05, 0.1) is 6.26 Å². The van der Waals surface area contributed by atoms with E-state index in [9.17, 15) is 4.79 Å². The van der Waals surface area contributed by atoms with Crippen LogP contribution in [0.4, 0.5) is 10.5 Å². The molecule has 0 saturated heterocycles. The van der Waals surface area contributed by atoms with Crippen LogP contribution in [0.5, 0.6) is 0 Å². The quantitative estimate of drug-likeness (QED) is 0.687. The van der Waals surface area contributed by atoms with Crippen molar-refractivity contribution < 1.29 is 9.21 Å². The van der Waals surface area contributed by atoms with Gasteiger partial charge >= 0.3 is 6.03 Å². The molecule has 3 aromatic rings. The highest BCUT2D eigenvalue weighted by Crippen LogP contribution is 2.21. The predicted octanol–water partition coefficient (Wildman–Crippen LogP) is 4.64. The van der Waals surface area contributed by atoms with Crippen molar-refractivity contribution in [3.63, 3.8) is 0 Å². The zero-order chi connectivity index (χ0) is 17.8. The maximum Gasteiger partial charge on any atom is 0.319 e. The third-order valence-electron chi connectivity index (χ3n) is 4.06. The van der Waals surface area contributed by atoms with Crippen molar-refractivity contribution in [3.8, 4) is 0 Å². The molecular formula is C20H25N3O2. The molecule has 132 valence electrons. The Labute approximate surface area is 148 Å². The number of rotatable bonds is 6. The Morgan fingerprint density at radius 2 is 2.04 bits per heavy atom. The first-order chi connectivity index (χ1) is 12.0. The smallest absolute Gasteiger partial charge is 0.319 e. The molecule has 5 heteroatoms. The van der Waals surface area contributed by atoms with Crippen molar-refractivity contribution in [2.24, 2.45) is 5.92 Å². The van der Waals surface area contributed by atoms with E-state index < -0.39 is 0 Å². The predicted molar refractivity (Wildman–Crippen MR) is 101 cm³/mol. The molecule has 25 heavy (non-hydrogen) atoms. The summed E-state index contributed by atoms with van der Waals surface area (Å²) in [4.78, 5) is 12.2. The first kappa shape index (κ1) is 17.1. The number of carbonyl (C=O) groups excluding carboxylic acids is 1. The van der Waals surface area contributed by atoms with Crippen LogP contribution in [0.2, 0.25) is 0 Å². The average Bonchev–Trinajstić information content (AvgIpc) is 3.16. The number of benzene rings is 1. The van der Waals surface area contributed by atoms with Gasteiger partial charge in [-0.05, 0) is 49.2 Å². The summed E-state index contributed by atoms with van der Waals surface area (Å²) in [5, 5.41) is 6.96. The number of hydrogen-bond donors (Lipinski definition) is 2. The number of nitrogens with zero attached hydrogens (tertiary/aromatic N) is 1. The summed E-state index contributed by atoms with van der Waals surface area (Å²) in [6.45, 7) is 7.35. The maximum atomic E-state index is 12.2. The Morgan fingerprint density at radius 1 is 1.20 bits per heavy atom. The Bertz CT molecular complexity index is 834. The Hall–Kier alpha value is -2.69. The Kier molecular flexibility index (Phi) is 5.12. The van der Waals surface area contributed by atoms with Crippen molar-refractivity contribution in [2.45, 2.75) is 39.8 Å². The third-order valence-corrected chi connectivity index (χ3v) is 4.06. The minimum atomic E-state index is -0.208. The van der Waals surface area contributed by atoms with Crippen molar-refractivity contribution in [2.75, 3.05) is 5.32 Å². The first-order valence-electron chi connectivity index (χ1n) is 8.70. The number of carbonyl (C=O) groups is 1. The van der Waals surface area contributed by atoms with Gasteiger partial charge in [0.25, 0.3) is 0 Å². The minimum absolute atomic E-state index is 0.0120. The van der Waals surface area contributed by atoms with Crippen LogP contribution in [0.15, 0.2) is 53.3 Å². The monoisotopic (exact) mass is 339 g/mol. The van der Waals surface area contributed by atoms with Crippen LogP contribution in [0.25, 0.3) is 10.9 Å². The van der Waals surface area contributed by atoms with Crippen molar-refractivity contribution in [1.29, 1.82) is 0 Å². The van der Waals surface area contributed by atoms with E-state index in [0.29, 0.717) is 12.3 Å². The second kappa shape index (κ2) is 7.47. The molecule has 0 spiro atoms. The van der Waals surface area contributed by atoms with Crippen LogP contribution in [0, 0.1) is 5.92 Å². The number of hydrogen-bond acceptors (Lipinski definition) is 2. The van der Waals surface area contributed by atoms with E-state index in [1.165, 1.54) is 5.52 Å². The van der Waals surface area contributed by atoms with Crippen LogP contribution in [-0.2, 0) is 13.0 Å². The lowest BCUT2D eigenvalue weighted by Crippen LogP contribution is -2.37. The lowest BCUT2D eigenvalue weighted by atomic mass is 10.2. The summed E-state index contributed by atoms with van der Waals surface area (Å²) in [5.41, 5.74) is 1.98. The molecule has 2 heterocycles. The molecule has 2 aromatic heterocycles. The fraction of sp³-hybridized carbons (Fsp3) is 0.350. The van der Waals surface area contributed by atoms with E-state index in [4.69, 9.17) is 4.42 Å². The molecule has 2 N–H and O–H groups in total. The molecule has 2 amide bonds. The van der Waals surface area contributed by atoms with Crippen LogP contribution in [0.3, 0.4) is 0 Å². The zero-order valence-electron chi connectivity index (χ0n) is 15.0. The SMILES string of the molecule is CC(C)Cn1ccc2cc(NC(=O)NC(C)Cc3ccco3)ccc21. The molecule has 0 radical (unpaired) electrons. The van der Waals surface area contributed by atoms with Gasteiger partial charge in [0, 0.05) is 41.8 Å². The molecule has 1 atom stereocenters. The second-order valence-corrected chi connectivity index (χ2v) is 6.92. The highest BCUT2D eigenvalue weighted by Gasteiger charge is 2.10. The summed E-state index contributed by atoms with van der Waals surface area (Å²) >= 11 is 0. The van der Waals surface area contributed by atoms with E-state index in [1.54, 1.807) is 6.26 Å². The van der Waals surface area contributed by atoms with Gasteiger partial charge in [0.2, 0.25) is 0 Å². The van der Waals surface area contributed by atoms with Crippen molar-refractivity contribution in [3.05, 3.63) is 54.6 Å². The second-order valence-electron chi connectivity index (χ2n) is 6.92. The fourth-order valence-electron chi connectivity index (χ4n) is 3.00. The Balaban J connectivity index is 1.61. The summed E-state index contributed by atoms with van der Waals surface area (Å²) in [6.07, 6.45) is 4.40. The summed E-state index contributed by atoms with van der Waals surface area (Å²) < 4.78 is 7.55. The molecule has 1 unspecified atom stereocenters. The van der Waals surface area contributed by atoms with Gasteiger partial charge in [-0.3, -0.25) is 0 Å². The van der Waals surface area contributed by atoms with Crippen molar-refractivity contribution in [1.82, 2.24) is 9.88 Å². The van der Waals surface area contributed by atoms with Gasteiger partial charge in [0.15, 0.2) is 0 Å². The van der Waals surface area contributed by atoms with Gasteiger partial charge in [-0.1, -0.05) is 13.8 Å². The largest absolute Gasteiger partial charge is 0.469 e. The van der Waals surface area contributed by atoms with E-state index in [-0.39, 0.29) is 12.1 Å². The molecular weight excluding hydrogens is 314 g/mol. The maximum absolute atomic E-state index is 12.2. The highest BCUT2D eigenvalue weighted by atomic mass is 16.3. The van der Waals surface area contributed by atoms with Crippen LogP contribution < -0.4 is 10.6 Å². The minimum Gasteiger partial charge on any atom is -0.469 e. The Morgan fingerprint density at radius 3 is 2.76 bits per heavy atom. The number of aromatic nitrogens is 1. The zero-order valence-corrected chi connectivity index (χ0v) is 15.0. The van der Waals surface area contributed by atoms with Gasteiger partial charge < -0.3 is 19.6 Å². The first-order valence-corrected chi connectivity index (χ1v) is 8.70. The van der Waals surface area contributed by atoms with Crippen LogP contribution >= 0.6 is 0 Å². The fourth-order valence-corrected chi connectivity index (χ4v) is 3.00. The molecule has 0 aliphatic heterocycles. The normalized spacial score (nSPS) is 12.5. The standard InChI is InChI=1S/C20H25N3O2/c1-14(2)13-23-9-8-16-12-17(6-7-19(16)23)22-20(24)21-15(3)11-18-5-4-10-25-18/h4-10,12,14-15H,11,13H2,1-3H3,(H2,21,22,24). The highest BCUT2D eigenvalue weighted by molar-refractivity contribution is 5.93. The third kappa shape index (κ3) is 4.44.